The number of rotatable bonds is 4. The summed E-state index contributed by atoms with van der Waals surface area (Å²) in [5, 5.41) is 0. The van der Waals surface area contributed by atoms with Crippen LogP contribution in [0.3, 0.4) is 0 Å². The second-order valence-corrected chi connectivity index (χ2v) is 5.95. The van der Waals surface area contributed by atoms with E-state index in [4.69, 9.17) is 9.15 Å². The molecule has 0 radical (unpaired) electrons. The molecule has 0 saturated carbocycles. The molecule has 0 amide bonds. The predicted molar refractivity (Wildman–Crippen MR) is 85.0 cm³/mol. The fraction of sp³-hybridized carbons (Fsp3) is 0.471. The van der Waals surface area contributed by atoms with E-state index in [0.29, 0.717) is 11.6 Å². The van der Waals surface area contributed by atoms with Gasteiger partial charge in [-0.15, -0.1) is 13.2 Å². The predicted octanol–water partition coefficient (Wildman–Crippen LogP) is 4.24. The number of anilines is 1. The van der Waals surface area contributed by atoms with E-state index in [1.807, 2.05) is 13.8 Å². The number of benzene rings is 1. The Morgan fingerprint density at radius 3 is 2.20 bits per heavy atom. The summed E-state index contributed by atoms with van der Waals surface area (Å²) in [6.45, 7) is 5.28. The van der Waals surface area contributed by atoms with Crippen molar-refractivity contribution in [2.45, 2.75) is 39.2 Å². The Bertz CT molecular complexity index is 705. The van der Waals surface area contributed by atoms with Gasteiger partial charge in [-0.05, 0) is 31.2 Å². The summed E-state index contributed by atoms with van der Waals surface area (Å²) in [6.07, 6.45) is -3.10. The first-order valence-corrected chi connectivity index (χ1v) is 8.01. The Hall–Kier alpha value is -2.38. The van der Waals surface area contributed by atoms with Gasteiger partial charge in [-0.2, -0.15) is 0 Å². The van der Waals surface area contributed by atoms with E-state index in [2.05, 4.69) is 14.6 Å². The lowest BCUT2D eigenvalue weighted by Crippen LogP contribution is -2.38. The maximum Gasteiger partial charge on any atom is 0.573 e. The monoisotopic (exact) mass is 356 g/mol. The van der Waals surface area contributed by atoms with Gasteiger partial charge in [0.15, 0.2) is 5.89 Å². The molecule has 1 aromatic heterocycles. The van der Waals surface area contributed by atoms with Crippen molar-refractivity contribution in [3.8, 4) is 11.5 Å². The lowest BCUT2D eigenvalue weighted by molar-refractivity contribution is -0.274. The first-order chi connectivity index (χ1) is 11.8. The van der Waals surface area contributed by atoms with E-state index >= 15 is 0 Å². The minimum Gasteiger partial charge on any atom is -0.490 e. The van der Waals surface area contributed by atoms with Crippen molar-refractivity contribution in [3.63, 3.8) is 0 Å². The van der Waals surface area contributed by atoms with Crippen molar-refractivity contribution in [3.05, 3.63) is 35.9 Å². The molecule has 25 heavy (non-hydrogen) atoms. The van der Waals surface area contributed by atoms with Gasteiger partial charge in [0.2, 0.25) is 5.88 Å². The molecule has 0 bridgehead atoms. The first-order valence-electron chi connectivity index (χ1n) is 8.01. The summed E-state index contributed by atoms with van der Waals surface area (Å²) in [5.74, 6) is 1.71. The minimum absolute atomic E-state index is 0.00922. The van der Waals surface area contributed by atoms with E-state index in [-0.39, 0.29) is 11.9 Å². The zero-order chi connectivity index (χ0) is 18.0. The van der Waals surface area contributed by atoms with Crippen LogP contribution >= 0.6 is 0 Å². The van der Waals surface area contributed by atoms with Gasteiger partial charge in [0.05, 0.1) is 0 Å². The molecule has 1 aliphatic rings. The van der Waals surface area contributed by atoms with Crippen LogP contribution in [0.2, 0.25) is 0 Å². The molecule has 1 aromatic carbocycles. The fourth-order valence-corrected chi connectivity index (χ4v) is 2.90. The molecule has 136 valence electrons. The summed E-state index contributed by atoms with van der Waals surface area (Å²) in [4.78, 5) is 6.41. The molecule has 2 aromatic rings. The zero-order valence-electron chi connectivity index (χ0n) is 14.0. The van der Waals surface area contributed by atoms with Gasteiger partial charge in [0.25, 0.3) is 0 Å². The van der Waals surface area contributed by atoms with Gasteiger partial charge in [0, 0.05) is 32.9 Å². The largest absolute Gasteiger partial charge is 0.573 e. The normalized spacial score (nSPS) is 16.1. The molecular formula is C17H19F3N2O3. The van der Waals surface area contributed by atoms with Crippen LogP contribution < -0.4 is 14.4 Å². The second-order valence-electron chi connectivity index (χ2n) is 5.95. The number of hydrogen-bond acceptors (Lipinski definition) is 5. The van der Waals surface area contributed by atoms with Gasteiger partial charge in [-0.1, -0.05) is 0 Å². The van der Waals surface area contributed by atoms with Crippen molar-refractivity contribution < 1.29 is 27.1 Å². The van der Waals surface area contributed by atoms with Gasteiger partial charge < -0.3 is 18.8 Å². The van der Waals surface area contributed by atoms with Gasteiger partial charge in [0.1, 0.15) is 23.3 Å². The third kappa shape index (κ3) is 4.58. The summed E-state index contributed by atoms with van der Waals surface area (Å²) in [7, 11) is 0. The molecule has 0 aliphatic carbocycles. The van der Waals surface area contributed by atoms with Crippen molar-refractivity contribution in [1.82, 2.24) is 4.98 Å². The van der Waals surface area contributed by atoms with Crippen molar-refractivity contribution in [2.24, 2.45) is 0 Å². The molecule has 1 aliphatic heterocycles. The van der Waals surface area contributed by atoms with E-state index in [0.717, 1.165) is 37.5 Å². The number of piperidine rings is 1. The highest BCUT2D eigenvalue weighted by atomic mass is 19.4. The Labute approximate surface area is 143 Å². The van der Waals surface area contributed by atoms with Crippen LogP contribution in [0.1, 0.15) is 24.4 Å². The fourth-order valence-electron chi connectivity index (χ4n) is 2.90. The van der Waals surface area contributed by atoms with Crippen molar-refractivity contribution >= 4 is 5.88 Å². The molecule has 8 heteroatoms. The Morgan fingerprint density at radius 1 is 1.08 bits per heavy atom. The number of aromatic nitrogens is 1. The molecule has 1 saturated heterocycles. The molecule has 0 atom stereocenters. The average Bonchev–Trinajstić information content (AvgIpc) is 2.87. The Morgan fingerprint density at radius 2 is 1.68 bits per heavy atom. The molecule has 0 spiro atoms. The number of hydrogen-bond donors (Lipinski definition) is 0. The molecule has 5 nitrogen and oxygen atoms in total. The number of aryl methyl sites for hydroxylation is 2. The Kier molecular flexibility index (Phi) is 4.78. The van der Waals surface area contributed by atoms with E-state index < -0.39 is 6.36 Å². The molecule has 0 unspecified atom stereocenters. The van der Waals surface area contributed by atoms with Gasteiger partial charge in [-0.3, -0.25) is 0 Å². The summed E-state index contributed by atoms with van der Waals surface area (Å²) >= 11 is 0. The van der Waals surface area contributed by atoms with Crippen LogP contribution in [0.4, 0.5) is 19.1 Å². The second kappa shape index (κ2) is 6.85. The SMILES string of the molecule is Cc1nc(C)c(N2CCC(Oc3ccc(OC(F)(F)F)cc3)CC2)o1. The van der Waals surface area contributed by atoms with Crippen LogP contribution in [0.5, 0.6) is 11.5 Å². The van der Waals surface area contributed by atoms with Gasteiger partial charge >= 0.3 is 6.36 Å². The number of alkyl halides is 3. The average molecular weight is 356 g/mol. The van der Waals surface area contributed by atoms with Crippen molar-refractivity contribution in [2.75, 3.05) is 18.0 Å². The van der Waals surface area contributed by atoms with E-state index in [1.165, 1.54) is 24.3 Å². The first kappa shape index (κ1) is 17.4. The quantitative estimate of drug-likeness (QED) is 0.820. The number of halogens is 3. The number of oxazole rings is 1. The zero-order valence-corrected chi connectivity index (χ0v) is 14.0. The summed E-state index contributed by atoms with van der Waals surface area (Å²) in [6, 6.07) is 5.46. The number of ether oxygens (including phenoxy) is 2. The Balaban J connectivity index is 1.53. The van der Waals surface area contributed by atoms with Crippen molar-refractivity contribution in [1.29, 1.82) is 0 Å². The molecule has 2 heterocycles. The third-order valence-electron chi connectivity index (χ3n) is 3.97. The van der Waals surface area contributed by atoms with Crippen LogP contribution in [0.15, 0.2) is 28.7 Å². The maximum atomic E-state index is 12.2. The van der Waals surface area contributed by atoms with Crippen LogP contribution in [0, 0.1) is 13.8 Å². The highest BCUT2D eigenvalue weighted by molar-refractivity contribution is 5.40. The lowest BCUT2D eigenvalue weighted by atomic mass is 10.1. The smallest absolute Gasteiger partial charge is 0.490 e. The summed E-state index contributed by atoms with van der Waals surface area (Å²) in [5.41, 5.74) is 0.872. The topological polar surface area (TPSA) is 47.7 Å². The van der Waals surface area contributed by atoms with Gasteiger partial charge in [-0.25, -0.2) is 4.98 Å². The molecule has 3 rings (SSSR count). The third-order valence-corrected chi connectivity index (χ3v) is 3.97. The number of nitrogens with zero attached hydrogens (tertiary/aromatic N) is 2. The van der Waals surface area contributed by atoms with Crippen LogP contribution in [0.25, 0.3) is 0 Å². The minimum atomic E-state index is -4.69. The highest BCUT2D eigenvalue weighted by Crippen LogP contribution is 2.28. The maximum absolute atomic E-state index is 12.2. The van der Waals surface area contributed by atoms with E-state index in [1.54, 1.807) is 0 Å². The summed E-state index contributed by atoms with van der Waals surface area (Å²) < 4.78 is 51.8. The standard InChI is InChI=1S/C17H19F3N2O3/c1-11-16(23-12(2)21-11)22-9-7-14(8-10-22)24-13-3-5-15(6-4-13)25-17(18,19)20/h3-6,14H,7-10H2,1-2H3. The van der Waals surface area contributed by atoms with Crippen LogP contribution in [-0.4, -0.2) is 30.5 Å². The van der Waals surface area contributed by atoms with E-state index in [9.17, 15) is 13.2 Å². The highest BCUT2D eigenvalue weighted by Gasteiger charge is 2.31. The molecular weight excluding hydrogens is 337 g/mol. The lowest BCUT2D eigenvalue weighted by Gasteiger charge is -2.32. The molecule has 1 fully saturated rings. The molecule has 0 N–H and O–H groups in total. The van der Waals surface area contributed by atoms with Crippen LogP contribution in [-0.2, 0) is 0 Å².